The third kappa shape index (κ3) is 5.56. The molecule has 2 fully saturated rings. The zero-order valence-corrected chi connectivity index (χ0v) is 19.3. The Kier molecular flexibility index (Phi) is 7.65. The smallest absolute Gasteiger partial charge is 0.174 e. The fourth-order valence-electron chi connectivity index (χ4n) is 5.56. The molecule has 2 aliphatic rings. The van der Waals surface area contributed by atoms with Gasteiger partial charge in [0, 0.05) is 5.56 Å². The van der Waals surface area contributed by atoms with E-state index in [-0.39, 0.29) is 11.5 Å². The van der Waals surface area contributed by atoms with Crippen LogP contribution in [0.3, 0.4) is 0 Å². The normalized spacial score (nSPS) is 24.6. The van der Waals surface area contributed by atoms with Gasteiger partial charge in [-0.3, -0.25) is 0 Å². The van der Waals surface area contributed by atoms with Crippen molar-refractivity contribution in [3.05, 3.63) is 89.5 Å². The Bertz CT molecular complexity index is 1060. The molecule has 0 N–H and O–H groups in total. The van der Waals surface area contributed by atoms with Crippen LogP contribution in [-0.4, -0.2) is 6.61 Å². The summed E-state index contributed by atoms with van der Waals surface area (Å²) in [5.74, 6) is 7.03. The van der Waals surface area contributed by atoms with Crippen molar-refractivity contribution < 1.29 is 13.5 Å². The van der Waals surface area contributed by atoms with Gasteiger partial charge in [-0.25, -0.2) is 8.78 Å². The van der Waals surface area contributed by atoms with E-state index < -0.39 is 11.6 Å². The monoisotopic (exact) mass is 446 g/mol. The van der Waals surface area contributed by atoms with Gasteiger partial charge < -0.3 is 4.74 Å². The first-order chi connectivity index (χ1) is 16.1. The summed E-state index contributed by atoms with van der Waals surface area (Å²) in [6, 6.07) is 10.6. The highest BCUT2D eigenvalue weighted by molar-refractivity contribution is 5.46. The summed E-state index contributed by atoms with van der Waals surface area (Å²) in [5, 5.41) is 0. The first-order valence-electron chi connectivity index (χ1n) is 12.1. The molecule has 2 aliphatic carbocycles. The highest BCUT2D eigenvalue weighted by atomic mass is 19.2. The molecule has 2 saturated carbocycles. The van der Waals surface area contributed by atoms with E-state index in [2.05, 4.69) is 37.5 Å². The zero-order chi connectivity index (χ0) is 23.2. The first kappa shape index (κ1) is 23.3. The molecule has 172 valence electrons. The standard InChI is InChI=1S/C30H32F2O/c1-3-5-22-7-11-25-20-26(13-12-24(25)19-22)28-17-14-23(29(31)30(28)32)10-6-21-8-15-27(16-9-21)33-18-4-2/h3-5,8-9,14-17,22,24-26H,2,7,11-13,18-20H2,1H3/b5-3+. The highest BCUT2D eigenvalue weighted by Crippen LogP contribution is 2.48. The van der Waals surface area contributed by atoms with Gasteiger partial charge in [0.15, 0.2) is 11.6 Å². The molecule has 0 heterocycles. The molecule has 2 aromatic carbocycles. The number of allylic oxidation sites excluding steroid dienone is 2. The molecule has 4 unspecified atom stereocenters. The second-order valence-corrected chi connectivity index (χ2v) is 9.33. The first-order valence-corrected chi connectivity index (χ1v) is 12.1. The lowest BCUT2D eigenvalue weighted by Crippen LogP contribution is -2.30. The van der Waals surface area contributed by atoms with E-state index in [1.807, 2.05) is 0 Å². The summed E-state index contributed by atoms with van der Waals surface area (Å²) in [7, 11) is 0. The molecule has 0 spiro atoms. The van der Waals surface area contributed by atoms with E-state index >= 15 is 4.39 Å². The van der Waals surface area contributed by atoms with Crippen molar-refractivity contribution in [2.75, 3.05) is 6.61 Å². The summed E-state index contributed by atoms with van der Waals surface area (Å²) in [6.07, 6.45) is 12.8. The quantitative estimate of drug-likeness (QED) is 0.336. The number of fused-ring (bicyclic) bond motifs is 1. The minimum Gasteiger partial charge on any atom is -0.490 e. The van der Waals surface area contributed by atoms with Crippen molar-refractivity contribution in [3.63, 3.8) is 0 Å². The predicted molar refractivity (Wildman–Crippen MR) is 130 cm³/mol. The molecule has 3 heteroatoms. The molecular formula is C30H32F2O. The van der Waals surface area contributed by atoms with Gasteiger partial charge in [0.05, 0.1) is 5.56 Å². The van der Waals surface area contributed by atoms with E-state index in [1.165, 1.54) is 19.3 Å². The molecule has 0 aromatic heterocycles. The van der Waals surface area contributed by atoms with Gasteiger partial charge >= 0.3 is 0 Å². The molecule has 33 heavy (non-hydrogen) atoms. The van der Waals surface area contributed by atoms with Gasteiger partial charge in [-0.2, -0.15) is 0 Å². The van der Waals surface area contributed by atoms with E-state index in [0.717, 1.165) is 30.7 Å². The maximum Gasteiger partial charge on any atom is 0.174 e. The molecule has 4 atom stereocenters. The molecular weight excluding hydrogens is 414 g/mol. The summed E-state index contributed by atoms with van der Waals surface area (Å²) >= 11 is 0. The topological polar surface area (TPSA) is 9.23 Å². The van der Waals surface area contributed by atoms with Gasteiger partial charge in [-0.05, 0) is 105 Å². The maximum atomic E-state index is 15.1. The van der Waals surface area contributed by atoms with Crippen LogP contribution >= 0.6 is 0 Å². The zero-order valence-electron chi connectivity index (χ0n) is 19.3. The molecule has 0 saturated heterocycles. The van der Waals surface area contributed by atoms with Crippen molar-refractivity contribution in [2.45, 2.75) is 51.4 Å². The lowest BCUT2D eigenvalue weighted by atomic mass is 9.64. The number of rotatable bonds is 5. The second kappa shape index (κ2) is 10.8. The number of hydrogen-bond donors (Lipinski definition) is 0. The van der Waals surface area contributed by atoms with Crippen molar-refractivity contribution in [1.29, 1.82) is 0 Å². The van der Waals surface area contributed by atoms with Crippen molar-refractivity contribution in [1.82, 2.24) is 0 Å². The van der Waals surface area contributed by atoms with Gasteiger partial charge in [0.25, 0.3) is 0 Å². The van der Waals surface area contributed by atoms with Gasteiger partial charge in [-0.15, -0.1) is 0 Å². The van der Waals surface area contributed by atoms with E-state index in [4.69, 9.17) is 4.74 Å². The summed E-state index contributed by atoms with van der Waals surface area (Å²) in [6.45, 7) is 6.14. The lowest BCUT2D eigenvalue weighted by Gasteiger charge is -2.41. The molecule has 0 amide bonds. The van der Waals surface area contributed by atoms with Gasteiger partial charge in [-0.1, -0.05) is 42.7 Å². The Morgan fingerprint density at radius 2 is 1.70 bits per heavy atom. The SMILES string of the molecule is C=CCOc1ccc(C#Cc2ccc(C3CCC4CC(/C=C/C)CCC4C3)c(F)c2F)cc1. The average molecular weight is 447 g/mol. The molecule has 0 aliphatic heterocycles. The second-order valence-electron chi connectivity index (χ2n) is 9.33. The van der Waals surface area contributed by atoms with Crippen molar-refractivity contribution in [3.8, 4) is 17.6 Å². The van der Waals surface area contributed by atoms with Crippen molar-refractivity contribution >= 4 is 0 Å². The lowest BCUT2D eigenvalue weighted by molar-refractivity contribution is 0.132. The number of ether oxygens (including phenoxy) is 1. The van der Waals surface area contributed by atoms with Crippen LogP contribution in [0.4, 0.5) is 8.78 Å². The van der Waals surface area contributed by atoms with E-state index in [1.54, 1.807) is 42.5 Å². The highest BCUT2D eigenvalue weighted by Gasteiger charge is 2.36. The van der Waals surface area contributed by atoms with Crippen LogP contribution in [-0.2, 0) is 0 Å². The van der Waals surface area contributed by atoms with Crippen LogP contribution in [0.25, 0.3) is 0 Å². The third-order valence-electron chi connectivity index (χ3n) is 7.23. The van der Waals surface area contributed by atoms with E-state index in [9.17, 15) is 4.39 Å². The van der Waals surface area contributed by atoms with Crippen LogP contribution in [0.5, 0.6) is 5.75 Å². The Morgan fingerprint density at radius 1 is 0.939 bits per heavy atom. The average Bonchev–Trinajstić information content (AvgIpc) is 2.84. The Hall–Kier alpha value is -2.86. The summed E-state index contributed by atoms with van der Waals surface area (Å²) < 4.78 is 35.4. The third-order valence-corrected chi connectivity index (χ3v) is 7.23. The largest absolute Gasteiger partial charge is 0.490 e. The summed E-state index contributed by atoms with van der Waals surface area (Å²) in [4.78, 5) is 0. The van der Waals surface area contributed by atoms with Crippen LogP contribution in [0.15, 0.2) is 61.2 Å². The molecule has 1 nitrogen and oxygen atoms in total. The summed E-state index contributed by atoms with van der Waals surface area (Å²) in [5.41, 5.74) is 1.34. The predicted octanol–water partition coefficient (Wildman–Crippen LogP) is 7.81. The number of benzene rings is 2. The van der Waals surface area contributed by atoms with Gasteiger partial charge in [0.2, 0.25) is 0 Å². The molecule has 0 bridgehead atoms. The minimum absolute atomic E-state index is 0.101. The number of halogens is 2. The Labute approximate surface area is 196 Å². The fourth-order valence-corrected chi connectivity index (χ4v) is 5.56. The van der Waals surface area contributed by atoms with Crippen LogP contribution in [0.1, 0.15) is 68.1 Å². The Morgan fingerprint density at radius 3 is 2.45 bits per heavy atom. The van der Waals surface area contributed by atoms with Crippen molar-refractivity contribution in [2.24, 2.45) is 17.8 Å². The van der Waals surface area contributed by atoms with Crippen LogP contribution in [0.2, 0.25) is 0 Å². The van der Waals surface area contributed by atoms with Gasteiger partial charge in [0.1, 0.15) is 12.4 Å². The minimum atomic E-state index is -0.829. The molecule has 0 radical (unpaired) electrons. The maximum absolute atomic E-state index is 15.1. The number of hydrogen-bond acceptors (Lipinski definition) is 1. The van der Waals surface area contributed by atoms with Crippen LogP contribution < -0.4 is 4.74 Å². The molecule has 2 aromatic rings. The fraction of sp³-hybridized carbons (Fsp3) is 0.400. The van der Waals surface area contributed by atoms with E-state index in [0.29, 0.717) is 29.8 Å². The molecule has 4 rings (SSSR count). The Balaban J connectivity index is 1.44. The van der Waals surface area contributed by atoms with Crippen LogP contribution in [0, 0.1) is 41.2 Å².